The zero-order valence-corrected chi connectivity index (χ0v) is 12.0. The van der Waals surface area contributed by atoms with Crippen LogP contribution in [0.3, 0.4) is 0 Å². The number of hydrogen-bond donors (Lipinski definition) is 1. The standard InChI is InChI=1S/C16H30N2/c1-18(14-7-5-6-13(14)12-17)15-8-11-16(15)9-3-2-4-10-16/h13-15H,2-12,17H2,1H3. The second kappa shape index (κ2) is 5.13. The maximum absolute atomic E-state index is 5.96. The van der Waals surface area contributed by atoms with E-state index in [0.29, 0.717) is 0 Å². The van der Waals surface area contributed by atoms with Crippen molar-refractivity contribution in [3.05, 3.63) is 0 Å². The first kappa shape index (κ1) is 12.9. The topological polar surface area (TPSA) is 29.3 Å². The molecule has 18 heavy (non-hydrogen) atoms. The van der Waals surface area contributed by atoms with Gasteiger partial charge in [-0.15, -0.1) is 0 Å². The second-order valence-electron chi connectivity index (χ2n) is 7.14. The van der Waals surface area contributed by atoms with E-state index < -0.39 is 0 Å². The van der Waals surface area contributed by atoms with Gasteiger partial charge in [0.05, 0.1) is 0 Å². The van der Waals surface area contributed by atoms with Gasteiger partial charge in [0.25, 0.3) is 0 Å². The van der Waals surface area contributed by atoms with Crippen molar-refractivity contribution in [2.45, 2.75) is 76.3 Å². The third-order valence-corrected chi connectivity index (χ3v) is 6.41. The Bertz CT molecular complexity index is 283. The number of nitrogens with zero attached hydrogens (tertiary/aromatic N) is 1. The lowest BCUT2D eigenvalue weighted by Gasteiger charge is -2.57. The Balaban J connectivity index is 1.67. The van der Waals surface area contributed by atoms with Crippen molar-refractivity contribution in [3.63, 3.8) is 0 Å². The van der Waals surface area contributed by atoms with Crippen LogP contribution in [0.4, 0.5) is 0 Å². The molecule has 3 fully saturated rings. The molecule has 3 saturated carbocycles. The third-order valence-electron chi connectivity index (χ3n) is 6.41. The van der Waals surface area contributed by atoms with E-state index in [9.17, 15) is 0 Å². The number of hydrogen-bond acceptors (Lipinski definition) is 2. The molecule has 0 aromatic carbocycles. The van der Waals surface area contributed by atoms with Gasteiger partial charge < -0.3 is 5.73 Å². The van der Waals surface area contributed by atoms with E-state index in [2.05, 4.69) is 11.9 Å². The molecule has 3 rings (SSSR count). The van der Waals surface area contributed by atoms with Crippen LogP contribution in [-0.2, 0) is 0 Å². The van der Waals surface area contributed by atoms with Crippen molar-refractivity contribution in [1.29, 1.82) is 0 Å². The summed E-state index contributed by atoms with van der Waals surface area (Å²) in [6.45, 7) is 0.898. The van der Waals surface area contributed by atoms with Crippen molar-refractivity contribution in [2.75, 3.05) is 13.6 Å². The normalized spacial score (nSPS) is 39.2. The van der Waals surface area contributed by atoms with Crippen LogP contribution in [0.25, 0.3) is 0 Å². The highest BCUT2D eigenvalue weighted by molar-refractivity contribution is 5.04. The predicted octanol–water partition coefficient (Wildman–Crippen LogP) is 3.16. The fourth-order valence-corrected chi connectivity index (χ4v) is 5.22. The maximum Gasteiger partial charge on any atom is 0.0152 e. The lowest BCUT2D eigenvalue weighted by atomic mass is 9.56. The molecule has 3 atom stereocenters. The fraction of sp³-hybridized carbons (Fsp3) is 1.00. The number of rotatable bonds is 3. The van der Waals surface area contributed by atoms with Gasteiger partial charge in [-0.25, -0.2) is 0 Å². The van der Waals surface area contributed by atoms with E-state index >= 15 is 0 Å². The monoisotopic (exact) mass is 250 g/mol. The first-order valence-electron chi connectivity index (χ1n) is 8.19. The van der Waals surface area contributed by atoms with E-state index in [4.69, 9.17) is 5.73 Å². The van der Waals surface area contributed by atoms with Gasteiger partial charge in [0.1, 0.15) is 0 Å². The van der Waals surface area contributed by atoms with Gasteiger partial charge in [-0.1, -0.05) is 25.7 Å². The molecule has 2 heteroatoms. The lowest BCUT2D eigenvalue weighted by Crippen LogP contribution is -2.58. The average Bonchev–Trinajstić information content (AvgIpc) is 2.86. The predicted molar refractivity (Wildman–Crippen MR) is 76.5 cm³/mol. The summed E-state index contributed by atoms with van der Waals surface area (Å²) < 4.78 is 0. The van der Waals surface area contributed by atoms with E-state index in [1.807, 2.05) is 0 Å². The van der Waals surface area contributed by atoms with Crippen LogP contribution in [0.5, 0.6) is 0 Å². The molecule has 104 valence electrons. The Morgan fingerprint density at radius 2 is 1.78 bits per heavy atom. The highest BCUT2D eigenvalue weighted by atomic mass is 15.2. The molecule has 3 unspecified atom stereocenters. The largest absolute Gasteiger partial charge is 0.330 e. The summed E-state index contributed by atoms with van der Waals surface area (Å²) in [5.41, 5.74) is 6.68. The molecule has 3 aliphatic rings. The van der Waals surface area contributed by atoms with Crippen LogP contribution < -0.4 is 5.73 Å². The zero-order chi connectivity index (χ0) is 12.6. The Hall–Kier alpha value is -0.0800. The summed E-state index contributed by atoms with van der Waals surface area (Å²) in [5, 5.41) is 0. The van der Waals surface area contributed by atoms with E-state index in [0.717, 1.165) is 30.0 Å². The van der Waals surface area contributed by atoms with Crippen molar-refractivity contribution in [3.8, 4) is 0 Å². The molecule has 2 nitrogen and oxygen atoms in total. The molecular formula is C16H30N2. The summed E-state index contributed by atoms with van der Waals surface area (Å²) >= 11 is 0. The van der Waals surface area contributed by atoms with Crippen LogP contribution >= 0.6 is 0 Å². The summed E-state index contributed by atoms with van der Waals surface area (Å²) in [4.78, 5) is 2.76. The Kier molecular flexibility index (Phi) is 3.68. The van der Waals surface area contributed by atoms with Gasteiger partial charge in [-0.05, 0) is 63.5 Å². The average molecular weight is 250 g/mol. The van der Waals surface area contributed by atoms with Crippen LogP contribution in [-0.4, -0.2) is 30.6 Å². The SMILES string of the molecule is CN(C1CCCC1CN)C1CCC12CCCCC2. The summed E-state index contributed by atoms with van der Waals surface area (Å²) in [7, 11) is 2.40. The quantitative estimate of drug-likeness (QED) is 0.833. The Labute approximate surface area is 112 Å². The summed E-state index contributed by atoms with van der Waals surface area (Å²) in [6, 6.07) is 1.68. The van der Waals surface area contributed by atoms with Gasteiger partial charge in [-0.3, -0.25) is 4.90 Å². The summed E-state index contributed by atoms with van der Waals surface area (Å²) in [5.74, 6) is 0.774. The molecular weight excluding hydrogens is 220 g/mol. The lowest BCUT2D eigenvalue weighted by molar-refractivity contribution is -0.0637. The number of nitrogens with two attached hydrogens (primary N) is 1. The molecule has 0 aliphatic heterocycles. The highest BCUT2D eigenvalue weighted by Gasteiger charge is 2.50. The van der Waals surface area contributed by atoms with Crippen molar-refractivity contribution >= 4 is 0 Å². The van der Waals surface area contributed by atoms with Gasteiger partial charge in [0.2, 0.25) is 0 Å². The van der Waals surface area contributed by atoms with Crippen molar-refractivity contribution in [1.82, 2.24) is 4.90 Å². The van der Waals surface area contributed by atoms with Crippen LogP contribution in [0.15, 0.2) is 0 Å². The molecule has 0 aromatic rings. The molecule has 2 N–H and O–H groups in total. The minimum absolute atomic E-state index is 0.717. The minimum Gasteiger partial charge on any atom is -0.330 e. The molecule has 3 aliphatic carbocycles. The van der Waals surface area contributed by atoms with E-state index in [1.54, 1.807) is 0 Å². The molecule has 0 radical (unpaired) electrons. The molecule has 0 heterocycles. The first-order valence-corrected chi connectivity index (χ1v) is 8.19. The van der Waals surface area contributed by atoms with Crippen LogP contribution in [0.1, 0.15) is 64.2 Å². The van der Waals surface area contributed by atoms with Gasteiger partial charge in [0, 0.05) is 12.1 Å². The van der Waals surface area contributed by atoms with Crippen LogP contribution in [0.2, 0.25) is 0 Å². The highest BCUT2D eigenvalue weighted by Crippen LogP contribution is 2.54. The molecule has 0 amide bonds. The van der Waals surface area contributed by atoms with E-state index in [1.165, 1.54) is 64.2 Å². The first-order chi connectivity index (χ1) is 8.77. The smallest absolute Gasteiger partial charge is 0.0152 e. The summed E-state index contributed by atoms with van der Waals surface area (Å²) in [6.07, 6.45) is 14.6. The maximum atomic E-state index is 5.96. The molecule has 1 spiro atoms. The molecule has 0 aromatic heterocycles. The van der Waals surface area contributed by atoms with Gasteiger partial charge in [0.15, 0.2) is 0 Å². The Morgan fingerprint density at radius 3 is 2.39 bits per heavy atom. The second-order valence-corrected chi connectivity index (χ2v) is 7.14. The van der Waals surface area contributed by atoms with Gasteiger partial charge >= 0.3 is 0 Å². The zero-order valence-electron chi connectivity index (χ0n) is 12.0. The minimum atomic E-state index is 0.717. The molecule has 0 bridgehead atoms. The van der Waals surface area contributed by atoms with Gasteiger partial charge in [-0.2, -0.15) is 0 Å². The third kappa shape index (κ3) is 2.02. The van der Waals surface area contributed by atoms with Crippen molar-refractivity contribution in [2.24, 2.45) is 17.1 Å². The molecule has 0 saturated heterocycles. The fourth-order valence-electron chi connectivity index (χ4n) is 5.22. The Morgan fingerprint density at radius 1 is 1.00 bits per heavy atom. The van der Waals surface area contributed by atoms with E-state index in [-0.39, 0.29) is 0 Å². The van der Waals surface area contributed by atoms with Crippen molar-refractivity contribution < 1.29 is 0 Å². The van der Waals surface area contributed by atoms with Crippen LogP contribution in [0, 0.1) is 11.3 Å².